The maximum absolute atomic E-state index is 4.67. The number of rotatable bonds is 4. The summed E-state index contributed by atoms with van der Waals surface area (Å²) in [5, 5.41) is 12.7. The van der Waals surface area contributed by atoms with Crippen LogP contribution in [0.2, 0.25) is 0 Å². The normalized spacial score (nSPS) is 16.2. The van der Waals surface area contributed by atoms with Gasteiger partial charge in [0, 0.05) is 36.9 Å². The van der Waals surface area contributed by atoms with E-state index < -0.39 is 0 Å². The summed E-state index contributed by atoms with van der Waals surface area (Å²) in [7, 11) is 4.09. The van der Waals surface area contributed by atoms with E-state index in [1.54, 1.807) is 4.68 Å². The highest BCUT2D eigenvalue weighted by Crippen LogP contribution is 2.29. The van der Waals surface area contributed by atoms with E-state index in [2.05, 4.69) is 54.7 Å². The van der Waals surface area contributed by atoms with Crippen molar-refractivity contribution in [3.05, 3.63) is 30.6 Å². The fourth-order valence-electron chi connectivity index (χ4n) is 3.93. The molecule has 0 amide bonds. The molecule has 0 atom stereocenters. The number of hydrogen-bond acceptors (Lipinski definition) is 6. The summed E-state index contributed by atoms with van der Waals surface area (Å²) >= 11 is 0. The minimum absolute atomic E-state index is 0.686. The number of H-pyrrole nitrogens is 1. The van der Waals surface area contributed by atoms with Gasteiger partial charge in [0.15, 0.2) is 0 Å². The summed E-state index contributed by atoms with van der Waals surface area (Å²) in [6, 6.07) is 6.16. The van der Waals surface area contributed by atoms with Crippen molar-refractivity contribution in [3.63, 3.8) is 0 Å². The van der Waals surface area contributed by atoms with Crippen LogP contribution in [-0.4, -0.2) is 61.5 Å². The summed E-state index contributed by atoms with van der Waals surface area (Å²) in [6.45, 7) is 3.27. The van der Waals surface area contributed by atoms with Gasteiger partial charge in [0.05, 0.1) is 5.52 Å². The molecule has 5 rings (SSSR count). The fourth-order valence-corrected chi connectivity index (χ4v) is 3.93. The summed E-state index contributed by atoms with van der Waals surface area (Å²) in [6.07, 6.45) is 6.34. The van der Waals surface area contributed by atoms with Crippen molar-refractivity contribution < 1.29 is 0 Å². The van der Waals surface area contributed by atoms with Crippen molar-refractivity contribution in [1.82, 2.24) is 34.8 Å². The molecule has 0 aliphatic carbocycles. The highest BCUT2D eigenvalue weighted by atomic mass is 15.4. The number of hydrogen-bond donors (Lipinski definition) is 2. The number of aryl methyl sites for hydroxylation is 1. The Hall–Kier alpha value is -3.00. The molecule has 4 heterocycles. The molecule has 1 saturated heterocycles. The molecule has 2 N–H and O–H groups in total. The first-order valence-corrected chi connectivity index (χ1v) is 9.74. The third-order valence-corrected chi connectivity index (χ3v) is 5.74. The minimum atomic E-state index is 0.686. The van der Waals surface area contributed by atoms with Gasteiger partial charge in [0.2, 0.25) is 5.95 Å². The summed E-state index contributed by atoms with van der Waals surface area (Å²) in [5.41, 5.74) is 4.92. The average Bonchev–Trinajstić information content (AvgIpc) is 3.30. The molecule has 28 heavy (non-hydrogen) atoms. The van der Waals surface area contributed by atoms with Gasteiger partial charge in [-0.2, -0.15) is 4.98 Å². The van der Waals surface area contributed by atoms with Crippen LogP contribution in [0.25, 0.3) is 33.2 Å². The maximum atomic E-state index is 4.67. The predicted molar refractivity (Wildman–Crippen MR) is 110 cm³/mol. The van der Waals surface area contributed by atoms with Crippen molar-refractivity contribution in [2.75, 3.05) is 32.0 Å². The Morgan fingerprint density at radius 3 is 2.93 bits per heavy atom. The Kier molecular flexibility index (Phi) is 4.20. The minimum Gasteiger partial charge on any atom is -0.354 e. The van der Waals surface area contributed by atoms with Gasteiger partial charge >= 0.3 is 0 Å². The summed E-state index contributed by atoms with van der Waals surface area (Å²) in [4.78, 5) is 14.9. The van der Waals surface area contributed by atoms with Crippen LogP contribution in [0, 0.1) is 5.92 Å². The molecule has 0 unspecified atom stereocenters. The van der Waals surface area contributed by atoms with E-state index in [-0.39, 0.29) is 0 Å². The van der Waals surface area contributed by atoms with Gasteiger partial charge < -0.3 is 15.2 Å². The monoisotopic (exact) mass is 376 g/mol. The zero-order valence-corrected chi connectivity index (χ0v) is 16.2. The Morgan fingerprint density at radius 2 is 2.07 bits per heavy atom. The number of benzene rings is 1. The van der Waals surface area contributed by atoms with E-state index in [1.165, 1.54) is 25.9 Å². The molecule has 8 nitrogen and oxygen atoms in total. The summed E-state index contributed by atoms with van der Waals surface area (Å²) in [5.74, 6) is 1.38. The largest absolute Gasteiger partial charge is 0.354 e. The van der Waals surface area contributed by atoms with Crippen LogP contribution >= 0.6 is 0 Å². The number of likely N-dealkylation sites (tertiary alicyclic amines) is 1. The van der Waals surface area contributed by atoms with E-state index in [0.717, 1.165) is 39.7 Å². The predicted octanol–water partition coefficient (Wildman–Crippen LogP) is 2.66. The van der Waals surface area contributed by atoms with Gasteiger partial charge in [-0.25, -0.2) is 9.67 Å². The van der Waals surface area contributed by atoms with Crippen molar-refractivity contribution in [1.29, 1.82) is 0 Å². The van der Waals surface area contributed by atoms with Crippen molar-refractivity contribution in [2.45, 2.75) is 12.8 Å². The topological polar surface area (TPSA) is 87.5 Å². The third-order valence-electron chi connectivity index (χ3n) is 5.74. The summed E-state index contributed by atoms with van der Waals surface area (Å²) < 4.78 is 1.79. The molecule has 8 heteroatoms. The van der Waals surface area contributed by atoms with Gasteiger partial charge in [-0.05, 0) is 56.6 Å². The number of nitrogens with one attached hydrogen (secondary N) is 2. The van der Waals surface area contributed by atoms with Gasteiger partial charge in [0.25, 0.3) is 0 Å². The van der Waals surface area contributed by atoms with Crippen molar-refractivity contribution in [2.24, 2.45) is 13.0 Å². The van der Waals surface area contributed by atoms with Crippen LogP contribution in [0.1, 0.15) is 12.8 Å². The number of aromatic amines is 1. The molecule has 1 fully saturated rings. The maximum Gasteiger partial charge on any atom is 0.224 e. The first-order chi connectivity index (χ1) is 13.7. The lowest BCUT2D eigenvalue weighted by molar-refractivity contribution is 0.226. The van der Waals surface area contributed by atoms with Crippen LogP contribution in [0.3, 0.4) is 0 Å². The molecule has 4 aromatic rings. The highest BCUT2D eigenvalue weighted by Gasteiger charge is 2.17. The van der Waals surface area contributed by atoms with Gasteiger partial charge in [-0.15, -0.1) is 5.10 Å². The number of aromatic nitrogens is 6. The van der Waals surface area contributed by atoms with Crippen LogP contribution in [-0.2, 0) is 7.05 Å². The van der Waals surface area contributed by atoms with E-state index in [1.807, 2.05) is 25.5 Å². The molecular formula is C20H24N8. The van der Waals surface area contributed by atoms with Crippen LogP contribution in [0.5, 0.6) is 0 Å². The highest BCUT2D eigenvalue weighted by molar-refractivity contribution is 5.95. The fraction of sp³-hybridized carbons (Fsp3) is 0.400. The van der Waals surface area contributed by atoms with Crippen LogP contribution in [0.15, 0.2) is 30.6 Å². The van der Waals surface area contributed by atoms with E-state index in [9.17, 15) is 0 Å². The second-order valence-corrected chi connectivity index (χ2v) is 7.70. The Balaban J connectivity index is 1.37. The van der Waals surface area contributed by atoms with E-state index >= 15 is 0 Å². The molecule has 0 saturated carbocycles. The lowest BCUT2D eigenvalue weighted by Gasteiger charge is -2.28. The van der Waals surface area contributed by atoms with Gasteiger partial charge in [-0.3, -0.25) is 0 Å². The Morgan fingerprint density at radius 1 is 1.21 bits per heavy atom. The molecule has 3 aromatic heterocycles. The Labute approximate surface area is 163 Å². The first kappa shape index (κ1) is 17.1. The molecule has 1 aliphatic rings. The second kappa shape index (κ2) is 6.87. The Bertz CT molecular complexity index is 1120. The molecule has 1 aliphatic heterocycles. The van der Waals surface area contributed by atoms with Crippen molar-refractivity contribution >= 4 is 28.0 Å². The smallest absolute Gasteiger partial charge is 0.224 e. The standard InChI is InChI=1S/C20H24N8/c1-27-7-5-13(6-8-27)10-22-20-23-12-16-15(11-21-19(16)24-20)14-3-4-17-18(9-14)28(2)26-25-17/h3-4,9,11-13H,5-8,10H2,1-2H3,(H2,21,22,23,24). The first-order valence-electron chi connectivity index (χ1n) is 9.74. The number of fused-ring (bicyclic) bond motifs is 2. The molecule has 0 bridgehead atoms. The zero-order valence-electron chi connectivity index (χ0n) is 16.2. The third kappa shape index (κ3) is 3.09. The van der Waals surface area contributed by atoms with E-state index in [0.29, 0.717) is 11.9 Å². The molecular weight excluding hydrogens is 352 g/mol. The molecule has 1 aromatic carbocycles. The van der Waals surface area contributed by atoms with Crippen molar-refractivity contribution in [3.8, 4) is 11.1 Å². The quantitative estimate of drug-likeness (QED) is 0.569. The zero-order chi connectivity index (χ0) is 19.1. The van der Waals surface area contributed by atoms with Crippen LogP contribution < -0.4 is 5.32 Å². The molecule has 0 radical (unpaired) electrons. The average molecular weight is 376 g/mol. The lowest BCUT2D eigenvalue weighted by atomic mass is 9.97. The van der Waals surface area contributed by atoms with Gasteiger partial charge in [0.1, 0.15) is 11.2 Å². The number of piperidine rings is 1. The van der Waals surface area contributed by atoms with Crippen LogP contribution in [0.4, 0.5) is 5.95 Å². The molecule has 0 spiro atoms. The number of nitrogens with zero attached hydrogens (tertiary/aromatic N) is 6. The lowest BCUT2D eigenvalue weighted by Crippen LogP contribution is -2.33. The van der Waals surface area contributed by atoms with Gasteiger partial charge in [-0.1, -0.05) is 11.3 Å². The SMILES string of the molecule is CN1CCC(CNc2ncc3c(-c4ccc5nnn(C)c5c4)c[nH]c3n2)CC1. The van der Waals surface area contributed by atoms with E-state index in [4.69, 9.17) is 0 Å². The number of anilines is 1. The molecule has 144 valence electrons. The second-order valence-electron chi connectivity index (χ2n) is 7.70.